The number of rotatable bonds is 3. The lowest BCUT2D eigenvalue weighted by Crippen LogP contribution is -2.45. The number of amides is 1. The molecule has 2 aliphatic heterocycles. The van der Waals surface area contributed by atoms with Crippen molar-refractivity contribution in [1.29, 1.82) is 0 Å². The summed E-state index contributed by atoms with van der Waals surface area (Å²) in [7, 11) is 2.18. The highest BCUT2D eigenvalue weighted by Crippen LogP contribution is 2.17. The number of nitrogens with one attached hydrogen (secondary N) is 1. The lowest BCUT2D eigenvalue weighted by atomic mass is 10.0. The van der Waals surface area contributed by atoms with Crippen LogP contribution in [0.2, 0.25) is 0 Å². The summed E-state index contributed by atoms with van der Waals surface area (Å²) in [5, 5.41) is 3.27. The number of hydrogen-bond donors (Lipinski definition) is 1. The van der Waals surface area contributed by atoms with Gasteiger partial charge >= 0.3 is 0 Å². The van der Waals surface area contributed by atoms with Crippen molar-refractivity contribution in [2.45, 2.75) is 44.7 Å². The number of carbonyl (C=O) groups is 1. The Labute approximate surface area is 98.0 Å². The highest BCUT2D eigenvalue weighted by molar-refractivity contribution is 5.83. The molecule has 0 saturated carbocycles. The standard InChI is InChI=1S/C12H23N3O/c1-3-11-12(16)15(9-13-11)8-10-6-4-5-7-14(10)2/h10-11,13H,3-9H2,1-2H3. The normalized spacial score (nSPS) is 32.4. The molecule has 0 aromatic heterocycles. The van der Waals surface area contributed by atoms with Crippen LogP contribution in [-0.2, 0) is 4.79 Å². The van der Waals surface area contributed by atoms with Gasteiger partial charge in [0.1, 0.15) is 0 Å². The van der Waals surface area contributed by atoms with Crippen LogP contribution >= 0.6 is 0 Å². The van der Waals surface area contributed by atoms with Crippen molar-refractivity contribution in [3.63, 3.8) is 0 Å². The fraction of sp³-hybridized carbons (Fsp3) is 0.917. The molecule has 2 fully saturated rings. The number of piperidine rings is 1. The Morgan fingerprint density at radius 3 is 2.88 bits per heavy atom. The number of hydrogen-bond acceptors (Lipinski definition) is 3. The molecule has 0 aromatic rings. The molecule has 2 atom stereocenters. The van der Waals surface area contributed by atoms with E-state index in [9.17, 15) is 4.79 Å². The van der Waals surface area contributed by atoms with Crippen LogP contribution in [0, 0.1) is 0 Å². The van der Waals surface area contributed by atoms with Gasteiger partial charge in [0.25, 0.3) is 0 Å². The summed E-state index contributed by atoms with van der Waals surface area (Å²) in [6, 6.07) is 0.629. The minimum Gasteiger partial charge on any atom is -0.327 e. The van der Waals surface area contributed by atoms with Crippen molar-refractivity contribution in [2.24, 2.45) is 0 Å². The smallest absolute Gasteiger partial charge is 0.240 e. The average Bonchev–Trinajstić information content (AvgIpc) is 2.63. The fourth-order valence-electron chi connectivity index (χ4n) is 2.71. The highest BCUT2D eigenvalue weighted by atomic mass is 16.2. The van der Waals surface area contributed by atoms with Crippen molar-refractivity contribution in [3.8, 4) is 0 Å². The second-order valence-electron chi connectivity index (χ2n) is 5.01. The van der Waals surface area contributed by atoms with Crippen LogP contribution in [0.3, 0.4) is 0 Å². The minimum atomic E-state index is 0.0638. The number of likely N-dealkylation sites (N-methyl/N-ethyl adjacent to an activating group) is 1. The summed E-state index contributed by atoms with van der Waals surface area (Å²) >= 11 is 0. The first-order chi connectivity index (χ1) is 7.72. The third-order valence-corrected chi connectivity index (χ3v) is 3.90. The third-order valence-electron chi connectivity index (χ3n) is 3.90. The van der Waals surface area contributed by atoms with E-state index in [1.54, 1.807) is 0 Å². The van der Waals surface area contributed by atoms with E-state index < -0.39 is 0 Å². The predicted molar refractivity (Wildman–Crippen MR) is 64.1 cm³/mol. The maximum absolute atomic E-state index is 12.0. The molecule has 4 nitrogen and oxygen atoms in total. The van der Waals surface area contributed by atoms with E-state index in [0.717, 1.165) is 19.6 Å². The van der Waals surface area contributed by atoms with E-state index in [4.69, 9.17) is 0 Å². The second kappa shape index (κ2) is 5.15. The van der Waals surface area contributed by atoms with E-state index in [1.807, 2.05) is 4.90 Å². The quantitative estimate of drug-likeness (QED) is 0.765. The SMILES string of the molecule is CCC1NCN(CC2CCCCN2C)C1=O. The van der Waals surface area contributed by atoms with Crippen LogP contribution in [0.1, 0.15) is 32.6 Å². The first-order valence-electron chi connectivity index (χ1n) is 6.44. The zero-order valence-electron chi connectivity index (χ0n) is 10.4. The lowest BCUT2D eigenvalue weighted by Gasteiger charge is -2.34. The van der Waals surface area contributed by atoms with Gasteiger partial charge in [-0.25, -0.2) is 0 Å². The maximum atomic E-state index is 12.0. The van der Waals surface area contributed by atoms with E-state index in [-0.39, 0.29) is 6.04 Å². The van der Waals surface area contributed by atoms with Crippen molar-refractivity contribution < 1.29 is 4.79 Å². The van der Waals surface area contributed by atoms with Crippen molar-refractivity contribution in [1.82, 2.24) is 15.1 Å². The van der Waals surface area contributed by atoms with Crippen LogP contribution in [0.4, 0.5) is 0 Å². The van der Waals surface area contributed by atoms with Gasteiger partial charge in [0.05, 0.1) is 12.7 Å². The predicted octanol–water partition coefficient (Wildman–Crippen LogP) is 0.639. The fourth-order valence-corrected chi connectivity index (χ4v) is 2.71. The van der Waals surface area contributed by atoms with Crippen LogP contribution in [-0.4, -0.2) is 54.6 Å². The summed E-state index contributed by atoms with van der Waals surface area (Å²) < 4.78 is 0. The molecule has 2 rings (SSSR count). The van der Waals surface area contributed by atoms with Gasteiger partial charge in [0.15, 0.2) is 0 Å². The summed E-state index contributed by atoms with van der Waals surface area (Å²) in [4.78, 5) is 16.3. The average molecular weight is 225 g/mol. The van der Waals surface area contributed by atoms with Crippen LogP contribution < -0.4 is 5.32 Å². The Hall–Kier alpha value is -0.610. The summed E-state index contributed by atoms with van der Waals surface area (Å²) in [6.07, 6.45) is 4.74. The number of likely N-dealkylation sites (tertiary alicyclic amines) is 1. The Morgan fingerprint density at radius 1 is 1.44 bits per heavy atom. The van der Waals surface area contributed by atoms with Gasteiger partial charge in [-0.05, 0) is 32.9 Å². The zero-order chi connectivity index (χ0) is 11.5. The first kappa shape index (κ1) is 11.9. The van der Waals surface area contributed by atoms with Crippen LogP contribution in [0.5, 0.6) is 0 Å². The van der Waals surface area contributed by atoms with E-state index in [0.29, 0.717) is 11.9 Å². The van der Waals surface area contributed by atoms with E-state index in [1.165, 1.54) is 25.8 Å². The van der Waals surface area contributed by atoms with E-state index >= 15 is 0 Å². The molecule has 0 bridgehead atoms. The molecule has 2 aliphatic rings. The second-order valence-corrected chi connectivity index (χ2v) is 5.01. The maximum Gasteiger partial charge on any atom is 0.240 e. The molecular weight excluding hydrogens is 202 g/mol. The number of carbonyl (C=O) groups excluding carboxylic acids is 1. The minimum absolute atomic E-state index is 0.0638. The zero-order valence-corrected chi connectivity index (χ0v) is 10.4. The molecule has 0 spiro atoms. The highest BCUT2D eigenvalue weighted by Gasteiger charge is 2.32. The largest absolute Gasteiger partial charge is 0.327 e. The Balaban J connectivity index is 1.87. The molecule has 16 heavy (non-hydrogen) atoms. The molecular formula is C12H23N3O. The Morgan fingerprint density at radius 2 is 2.25 bits per heavy atom. The van der Waals surface area contributed by atoms with Gasteiger partial charge in [0.2, 0.25) is 5.91 Å². The Kier molecular flexibility index (Phi) is 3.82. The topological polar surface area (TPSA) is 35.6 Å². The van der Waals surface area contributed by atoms with E-state index in [2.05, 4.69) is 24.2 Å². The molecule has 2 unspecified atom stereocenters. The summed E-state index contributed by atoms with van der Waals surface area (Å²) in [5.41, 5.74) is 0. The van der Waals surface area contributed by atoms with Gasteiger partial charge in [-0.15, -0.1) is 0 Å². The van der Waals surface area contributed by atoms with Gasteiger partial charge < -0.3 is 9.80 Å². The summed E-state index contributed by atoms with van der Waals surface area (Å²) in [6.45, 7) is 4.88. The monoisotopic (exact) mass is 225 g/mol. The molecule has 0 aromatic carbocycles. The van der Waals surface area contributed by atoms with Gasteiger partial charge in [-0.1, -0.05) is 13.3 Å². The van der Waals surface area contributed by atoms with Crippen molar-refractivity contribution in [2.75, 3.05) is 26.8 Å². The van der Waals surface area contributed by atoms with Gasteiger partial charge in [-0.2, -0.15) is 0 Å². The van der Waals surface area contributed by atoms with Crippen LogP contribution in [0.25, 0.3) is 0 Å². The summed E-state index contributed by atoms with van der Waals surface area (Å²) in [5.74, 6) is 0.293. The molecule has 0 radical (unpaired) electrons. The molecule has 92 valence electrons. The molecule has 2 saturated heterocycles. The lowest BCUT2D eigenvalue weighted by molar-refractivity contribution is -0.129. The molecule has 0 aliphatic carbocycles. The molecule has 4 heteroatoms. The van der Waals surface area contributed by atoms with Crippen LogP contribution in [0.15, 0.2) is 0 Å². The van der Waals surface area contributed by atoms with Gasteiger partial charge in [0, 0.05) is 12.6 Å². The van der Waals surface area contributed by atoms with Crippen molar-refractivity contribution >= 4 is 5.91 Å². The Bertz CT molecular complexity index is 257. The van der Waals surface area contributed by atoms with Gasteiger partial charge in [-0.3, -0.25) is 10.1 Å². The third kappa shape index (κ3) is 2.38. The number of nitrogens with zero attached hydrogens (tertiary/aromatic N) is 2. The molecule has 1 amide bonds. The first-order valence-corrected chi connectivity index (χ1v) is 6.44. The van der Waals surface area contributed by atoms with Crippen molar-refractivity contribution in [3.05, 3.63) is 0 Å². The molecule has 1 N–H and O–H groups in total. The molecule has 2 heterocycles.